The average molecular weight is 283 g/mol. The molecule has 4 N–H and O–H groups in total. The van der Waals surface area contributed by atoms with Gasteiger partial charge in [0.1, 0.15) is 5.69 Å². The Bertz CT molecular complexity index is 545. The van der Waals surface area contributed by atoms with Crippen LogP contribution >= 0.6 is 0 Å². The maximum absolute atomic E-state index is 11.8. The molecule has 9 nitrogen and oxygen atoms in total. The normalized spacial score (nSPS) is 11.7. The first-order chi connectivity index (χ1) is 9.36. The number of rotatable bonds is 6. The topological polar surface area (TPSA) is 145 Å². The Hall–Kier alpha value is -2.68. The number of nitro groups is 1. The summed E-state index contributed by atoms with van der Waals surface area (Å²) in [4.78, 5) is 32.4. The van der Waals surface area contributed by atoms with Crippen molar-refractivity contribution in [1.82, 2.24) is 5.32 Å². The highest BCUT2D eigenvalue weighted by Gasteiger charge is 2.19. The number of hydrogen-bond donors (Lipinski definition) is 3. The number of benzene rings is 1. The SMILES string of the molecule is COC(CNC(=O)c1ccc(N)c([N+](=O)[O-])c1)C(=O)O. The number of methoxy groups -OCH3 is 1. The molecule has 0 bridgehead atoms. The van der Waals surface area contributed by atoms with Gasteiger partial charge in [0.25, 0.3) is 11.6 Å². The summed E-state index contributed by atoms with van der Waals surface area (Å²) in [7, 11) is 1.19. The summed E-state index contributed by atoms with van der Waals surface area (Å²) < 4.78 is 4.64. The molecule has 0 aliphatic rings. The van der Waals surface area contributed by atoms with Gasteiger partial charge in [0.05, 0.1) is 11.5 Å². The molecule has 1 rings (SSSR count). The number of amides is 1. The van der Waals surface area contributed by atoms with Crippen LogP contribution in [0.15, 0.2) is 18.2 Å². The highest BCUT2D eigenvalue weighted by molar-refractivity contribution is 5.95. The Balaban J connectivity index is 2.80. The Morgan fingerprint density at radius 2 is 2.20 bits per heavy atom. The van der Waals surface area contributed by atoms with Gasteiger partial charge in [-0.1, -0.05) is 0 Å². The van der Waals surface area contributed by atoms with Crippen molar-refractivity contribution in [1.29, 1.82) is 0 Å². The van der Waals surface area contributed by atoms with Gasteiger partial charge in [-0.2, -0.15) is 0 Å². The van der Waals surface area contributed by atoms with E-state index in [0.29, 0.717) is 0 Å². The van der Waals surface area contributed by atoms with Crippen LogP contribution in [-0.4, -0.2) is 41.7 Å². The van der Waals surface area contributed by atoms with Crippen molar-refractivity contribution in [3.05, 3.63) is 33.9 Å². The predicted octanol–water partition coefficient (Wildman–Crippen LogP) is 0.00640. The number of nitrogens with one attached hydrogen (secondary N) is 1. The number of nitrogens with zero attached hydrogens (tertiary/aromatic N) is 1. The third-order valence-electron chi connectivity index (χ3n) is 2.50. The summed E-state index contributed by atoms with van der Waals surface area (Å²) in [6, 6.07) is 3.56. The van der Waals surface area contributed by atoms with E-state index in [2.05, 4.69) is 10.1 Å². The molecule has 0 saturated heterocycles. The van der Waals surface area contributed by atoms with Crippen LogP contribution in [0.3, 0.4) is 0 Å². The maximum Gasteiger partial charge on any atom is 0.334 e. The van der Waals surface area contributed by atoms with E-state index in [0.717, 1.165) is 6.07 Å². The van der Waals surface area contributed by atoms with Crippen molar-refractivity contribution in [3.8, 4) is 0 Å². The average Bonchev–Trinajstić information content (AvgIpc) is 2.38. The van der Waals surface area contributed by atoms with Gasteiger partial charge in [0.15, 0.2) is 6.10 Å². The van der Waals surface area contributed by atoms with Crippen LogP contribution in [-0.2, 0) is 9.53 Å². The van der Waals surface area contributed by atoms with Gasteiger partial charge in [-0.25, -0.2) is 4.79 Å². The van der Waals surface area contributed by atoms with Crippen molar-refractivity contribution < 1.29 is 24.4 Å². The monoisotopic (exact) mass is 283 g/mol. The summed E-state index contributed by atoms with van der Waals surface area (Å²) in [5.41, 5.74) is 4.96. The molecule has 1 aromatic carbocycles. The van der Waals surface area contributed by atoms with E-state index in [9.17, 15) is 19.7 Å². The molecule has 0 fully saturated rings. The van der Waals surface area contributed by atoms with Crippen LogP contribution in [0.1, 0.15) is 10.4 Å². The van der Waals surface area contributed by atoms with Crippen molar-refractivity contribution >= 4 is 23.3 Å². The van der Waals surface area contributed by atoms with Gasteiger partial charge in [-0.15, -0.1) is 0 Å². The lowest BCUT2D eigenvalue weighted by atomic mass is 10.1. The summed E-state index contributed by atoms with van der Waals surface area (Å²) in [6.07, 6.45) is -1.19. The Morgan fingerprint density at radius 1 is 1.55 bits per heavy atom. The van der Waals surface area contributed by atoms with Crippen LogP contribution in [0.2, 0.25) is 0 Å². The number of ether oxygens (including phenoxy) is 1. The first kappa shape index (κ1) is 15.4. The molecular formula is C11H13N3O6. The lowest BCUT2D eigenvalue weighted by Crippen LogP contribution is -2.37. The number of nitro benzene ring substituents is 1. The van der Waals surface area contributed by atoms with Crippen LogP contribution in [0.5, 0.6) is 0 Å². The lowest BCUT2D eigenvalue weighted by Gasteiger charge is -2.11. The highest BCUT2D eigenvalue weighted by atomic mass is 16.6. The molecule has 0 aromatic heterocycles. The minimum absolute atomic E-state index is 0.00569. The first-order valence-corrected chi connectivity index (χ1v) is 5.44. The molecule has 0 radical (unpaired) electrons. The molecule has 0 saturated carbocycles. The van der Waals surface area contributed by atoms with Crippen molar-refractivity contribution in [3.63, 3.8) is 0 Å². The third-order valence-corrected chi connectivity index (χ3v) is 2.50. The number of carboxylic acid groups (broad SMARTS) is 1. The molecule has 1 amide bonds. The smallest absolute Gasteiger partial charge is 0.334 e. The van der Waals surface area contributed by atoms with Gasteiger partial charge in [-0.3, -0.25) is 14.9 Å². The van der Waals surface area contributed by atoms with E-state index in [4.69, 9.17) is 10.8 Å². The van der Waals surface area contributed by atoms with E-state index in [1.54, 1.807) is 0 Å². The van der Waals surface area contributed by atoms with E-state index < -0.39 is 22.9 Å². The summed E-state index contributed by atoms with van der Waals surface area (Å²) in [6.45, 7) is -0.261. The quantitative estimate of drug-likeness (QED) is 0.378. The number of aliphatic carboxylic acids is 1. The molecular weight excluding hydrogens is 270 g/mol. The number of carbonyl (C=O) groups is 2. The predicted molar refractivity (Wildman–Crippen MR) is 68.3 cm³/mol. The largest absolute Gasteiger partial charge is 0.479 e. The van der Waals surface area contributed by atoms with Crippen LogP contribution in [0.25, 0.3) is 0 Å². The second-order valence-corrected chi connectivity index (χ2v) is 3.80. The Labute approximate surface area is 113 Å². The van der Waals surface area contributed by atoms with Gasteiger partial charge >= 0.3 is 5.97 Å². The molecule has 0 spiro atoms. The zero-order chi connectivity index (χ0) is 15.3. The standard InChI is InChI=1S/C11H13N3O6/c1-20-9(11(16)17)5-13-10(15)6-2-3-7(12)8(4-6)14(18)19/h2-4,9H,5,12H2,1H3,(H,13,15)(H,16,17). The fourth-order valence-electron chi connectivity index (χ4n) is 1.40. The number of hydrogen-bond acceptors (Lipinski definition) is 6. The van der Waals surface area contributed by atoms with E-state index in [1.807, 2.05) is 0 Å². The number of anilines is 1. The molecule has 0 aliphatic heterocycles. The number of nitrogen functional groups attached to an aromatic ring is 1. The molecule has 0 aliphatic carbocycles. The van der Waals surface area contributed by atoms with Crippen molar-refractivity contribution in [2.45, 2.75) is 6.10 Å². The molecule has 108 valence electrons. The third kappa shape index (κ3) is 3.65. The summed E-state index contributed by atoms with van der Waals surface area (Å²) in [5.74, 6) is -1.88. The molecule has 0 heterocycles. The van der Waals surface area contributed by atoms with Gasteiger partial charge in [0, 0.05) is 18.7 Å². The van der Waals surface area contributed by atoms with Gasteiger partial charge < -0.3 is 20.9 Å². The van der Waals surface area contributed by atoms with Crippen molar-refractivity contribution in [2.75, 3.05) is 19.4 Å². The molecule has 9 heteroatoms. The summed E-state index contributed by atoms with van der Waals surface area (Å²) in [5, 5.41) is 21.7. The fraction of sp³-hybridized carbons (Fsp3) is 0.273. The molecule has 1 unspecified atom stereocenters. The fourth-order valence-corrected chi connectivity index (χ4v) is 1.40. The van der Waals surface area contributed by atoms with E-state index in [1.165, 1.54) is 19.2 Å². The van der Waals surface area contributed by atoms with Crippen molar-refractivity contribution in [2.24, 2.45) is 0 Å². The number of nitrogens with two attached hydrogens (primary N) is 1. The van der Waals surface area contributed by atoms with E-state index >= 15 is 0 Å². The first-order valence-electron chi connectivity index (χ1n) is 5.44. The Morgan fingerprint density at radius 3 is 2.70 bits per heavy atom. The molecule has 20 heavy (non-hydrogen) atoms. The van der Waals surface area contributed by atoms with Crippen LogP contribution in [0, 0.1) is 10.1 Å². The number of carboxylic acids is 1. The highest BCUT2D eigenvalue weighted by Crippen LogP contribution is 2.22. The second kappa shape index (κ2) is 6.48. The zero-order valence-corrected chi connectivity index (χ0v) is 10.5. The Kier molecular flexibility index (Phi) is 4.98. The minimum atomic E-state index is -1.23. The lowest BCUT2D eigenvalue weighted by molar-refractivity contribution is -0.383. The summed E-state index contributed by atoms with van der Waals surface area (Å²) >= 11 is 0. The molecule has 1 aromatic rings. The van der Waals surface area contributed by atoms with E-state index in [-0.39, 0.29) is 23.5 Å². The van der Waals surface area contributed by atoms with Gasteiger partial charge in [0.2, 0.25) is 0 Å². The molecule has 1 atom stereocenters. The van der Waals surface area contributed by atoms with Gasteiger partial charge in [-0.05, 0) is 12.1 Å². The van der Waals surface area contributed by atoms with Crippen LogP contribution < -0.4 is 11.1 Å². The van der Waals surface area contributed by atoms with Crippen LogP contribution in [0.4, 0.5) is 11.4 Å². The zero-order valence-electron chi connectivity index (χ0n) is 10.5. The maximum atomic E-state index is 11.8. The minimum Gasteiger partial charge on any atom is -0.479 e. The second-order valence-electron chi connectivity index (χ2n) is 3.80. The number of carbonyl (C=O) groups excluding carboxylic acids is 1.